The number of ether oxygens (including phenoxy) is 1. The van der Waals surface area contributed by atoms with Crippen LogP contribution in [0.2, 0.25) is 0 Å². The van der Waals surface area contributed by atoms with Crippen molar-refractivity contribution in [2.75, 3.05) is 45.8 Å². The lowest BCUT2D eigenvalue weighted by molar-refractivity contribution is -0.402. The number of nitrogens with zero attached hydrogens (tertiary/aromatic N) is 5. The Hall–Kier alpha value is -2.46. The number of hydrogen-bond donors (Lipinski definition) is 0. The fourth-order valence-corrected chi connectivity index (χ4v) is 3.20. The topological polar surface area (TPSA) is 105 Å². The first kappa shape index (κ1) is 19.3. The van der Waals surface area contributed by atoms with Gasteiger partial charge in [-0.05, 0) is 19.0 Å². The fraction of sp³-hybridized carbons (Fsp3) is 0.647. The van der Waals surface area contributed by atoms with Crippen LogP contribution in [0.15, 0.2) is 21.7 Å². The second-order valence-electron chi connectivity index (χ2n) is 6.76. The molecule has 0 bridgehead atoms. The van der Waals surface area contributed by atoms with Crippen LogP contribution in [0, 0.1) is 10.1 Å². The van der Waals surface area contributed by atoms with Crippen molar-refractivity contribution >= 4 is 18.2 Å². The maximum atomic E-state index is 12.0. The Kier molecular flexibility index (Phi) is 6.40. The summed E-state index contributed by atoms with van der Waals surface area (Å²) in [6.45, 7) is 8.41. The van der Waals surface area contributed by atoms with Gasteiger partial charge in [0.05, 0.1) is 18.8 Å². The van der Waals surface area contributed by atoms with E-state index in [-0.39, 0.29) is 17.7 Å². The molecule has 1 unspecified atom stereocenters. The Balaban J connectivity index is 1.45. The summed E-state index contributed by atoms with van der Waals surface area (Å²) in [7, 11) is 0. The quantitative estimate of drug-likeness (QED) is 0.385. The van der Waals surface area contributed by atoms with Crippen molar-refractivity contribution in [3.8, 4) is 0 Å². The molecule has 0 aromatic carbocycles. The summed E-state index contributed by atoms with van der Waals surface area (Å²) in [6.07, 6.45) is 2.97. The molecule has 0 spiro atoms. The van der Waals surface area contributed by atoms with Crippen molar-refractivity contribution in [2.24, 2.45) is 5.10 Å². The van der Waals surface area contributed by atoms with E-state index in [1.807, 2.05) is 0 Å². The van der Waals surface area contributed by atoms with Crippen LogP contribution in [0.4, 0.5) is 10.7 Å². The number of hydrogen-bond acceptors (Lipinski definition) is 8. The lowest BCUT2D eigenvalue weighted by Crippen LogP contribution is -2.49. The summed E-state index contributed by atoms with van der Waals surface area (Å²) in [6, 6.07) is 2.67. The number of cyclic esters (lactones) is 1. The molecule has 2 aliphatic heterocycles. The van der Waals surface area contributed by atoms with E-state index in [1.54, 1.807) is 0 Å². The molecule has 0 aliphatic carbocycles. The Morgan fingerprint density at radius 3 is 2.70 bits per heavy atom. The van der Waals surface area contributed by atoms with Gasteiger partial charge in [0.15, 0.2) is 5.76 Å². The number of amides is 1. The largest absolute Gasteiger partial charge is 0.441 e. The van der Waals surface area contributed by atoms with Gasteiger partial charge < -0.3 is 14.1 Å². The molecule has 0 radical (unpaired) electrons. The molecule has 1 aromatic heterocycles. The van der Waals surface area contributed by atoms with Crippen LogP contribution in [0.3, 0.4) is 0 Å². The van der Waals surface area contributed by atoms with Crippen molar-refractivity contribution in [1.29, 1.82) is 0 Å². The summed E-state index contributed by atoms with van der Waals surface area (Å²) in [4.78, 5) is 26.7. The molecule has 148 valence electrons. The van der Waals surface area contributed by atoms with Crippen LogP contribution in [0.1, 0.15) is 25.5 Å². The van der Waals surface area contributed by atoms with Gasteiger partial charge in [-0.1, -0.05) is 13.3 Å². The highest BCUT2D eigenvalue weighted by atomic mass is 16.6. The molecule has 1 atom stereocenters. The van der Waals surface area contributed by atoms with E-state index in [1.165, 1.54) is 36.2 Å². The molecule has 10 heteroatoms. The van der Waals surface area contributed by atoms with Gasteiger partial charge in [-0.25, -0.2) is 4.79 Å². The van der Waals surface area contributed by atoms with Crippen molar-refractivity contribution in [1.82, 2.24) is 14.8 Å². The van der Waals surface area contributed by atoms with Gasteiger partial charge in [0.1, 0.15) is 11.0 Å². The zero-order chi connectivity index (χ0) is 19.2. The lowest BCUT2D eigenvalue weighted by atomic mass is 10.2. The molecule has 2 fully saturated rings. The maximum absolute atomic E-state index is 12.0. The van der Waals surface area contributed by atoms with Gasteiger partial charge in [0.25, 0.3) is 0 Å². The highest BCUT2D eigenvalue weighted by molar-refractivity contribution is 5.78. The molecule has 3 rings (SSSR count). The maximum Gasteiger partial charge on any atom is 0.433 e. The molecular formula is C17H25N5O5. The average molecular weight is 379 g/mol. The van der Waals surface area contributed by atoms with Crippen molar-refractivity contribution in [3.05, 3.63) is 28.0 Å². The minimum atomic E-state index is -0.626. The predicted molar refractivity (Wildman–Crippen MR) is 97.7 cm³/mol. The summed E-state index contributed by atoms with van der Waals surface area (Å²) >= 11 is 0. The first-order valence-electron chi connectivity index (χ1n) is 9.26. The standard InChI is InChI=1S/C17H25N5O5/c1-2-3-6-19-7-9-20(10-8-19)12-15-13-21(17(23)27-15)18-11-14-4-5-16(26-14)22(24)25/h4-5,11,15H,2-3,6-10,12-13H2,1H3. The summed E-state index contributed by atoms with van der Waals surface area (Å²) in [5.74, 6) is -0.155. The molecule has 2 aliphatic rings. The highest BCUT2D eigenvalue weighted by Gasteiger charge is 2.33. The lowest BCUT2D eigenvalue weighted by Gasteiger charge is -2.35. The van der Waals surface area contributed by atoms with Crippen LogP contribution in [0.5, 0.6) is 0 Å². The van der Waals surface area contributed by atoms with Gasteiger partial charge >= 0.3 is 12.0 Å². The van der Waals surface area contributed by atoms with E-state index >= 15 is 0 Å². The van der Waals surface area contributed by atoms with E-state index in [9.17, 15) is 14.9 Å². The number of hydrazone groups is 1. The van der Waals surface area contributed by atoms with Crippen molar-refractivity contribution < 1.29 is 18.9 Å². The zero-order valence-electron chi connectivity index (χ0n) is 15.5. The number of rotatable bonds is 8. The SMILES string of the molecule is CCCCN1CCN(CC2CN(N=Cc3ccc([N+](=O)[O-])o3)C(=O)O2)CC1. The van der Waals surface area contributed by atoms with E-state index < -0.39 is 11.0 Å². The number of nitro groups is 1. The normalized spacial score (nSPS) is 21.9. The van der Waals surface area contributed by atoms with Gasteiger partial charge in [0.2, 0.25) is 0 Å². The molecule has 1 aromatic rings. The molecule has 0 saturated carbocycles. The summed E-state index contributed by atoms with van der Waals surface area (Å²) in [5.41, 5.74) is 0. The predicted octanol–water partition coefficient (Wildman–Crippen LogP) is 1.76. The van der Waals surface area contributed by atoms with Crippen LogP contribution in [0.25, 0.3) is 0 Å². The molecule has 10 nitrogen and oxygen atoms in total. The minimum absolute atomic E-state index is 0.209. The van der Waals surface area contributed by atoms with E-state index in [0.717, 1.165) is 32.7 Å². The average Bonchev–Trinajstić information content (AvgIpc) is 3.26. The Labute approximate surface area is 157 Å². The third kappa shape index (κ3) is 5.27. The van der Waals surface area contributed by atoms with Crippen LogP contribution >= 0.6 is 0 Å². The molecule has 27 heavy (non-hydrogen) atoms. The number of carbonyl (C=O) groups is 1. The van der Waals surface area contributed by atoms with Gasteiger partial charge in [-0.3, -0.25) is 15.0 Å². The summed E-state index contributed by atoms with van der Waals surface area (Å²) in [5, 5.41) is 15.9. The molecule has 0 N–H and O–H groups in total. The number of unbranched alkanes of at least 4 members (excludes halogenated alkanes) is 1. The number of furan rings is 1. The van der Waals surface area contributed by atoms with Gasteiger partial charge in [0, 0.05) is 32.7 Å². The molecule has 1 amide bonds. The van der Waals surface area contributed by atoms with E-state index in [0.29, 0.717) is 13.1 Å². The Morgan fingerprint density at radius 2 is 2.04 bits per heavy atom. The first-order valence-corrected chi connectivity index (χ1v) is 9.26. The smallest absolute Gasteiger partial charge is 0.433 e. The third-order valence-corrected chi connectivity index (χ3v) is 4.73. The Bertz CT molecular complexity index is 683. The van der Waals surface area contributed by atoms with Crippen LogP contribution in [-0.4, -0.2) is 84.0 Å². The molecular weight excluding hydrogens is 354 g/mol. The van der Waals surface area contributed by atoms with Crippen LogP contribution < -0.4 is 0 Å². The van der Waals surface area contributed by atoms with Crippen LogP contribution in [-0.2, 0) is 4.74 Å². The number of piperazine rings is 1. The highest BCUT2D eigenvalue weighted by Crippen LogP contribution is 2.16. The monoisotopic (exact) mass is 379 g/mol. The minimum Gasteiger partial charge on any atom is -0.441 e. The van der Waals surface area contributed by atoms with E-state index in [4.69, 9.17) is 9.15 Å². The fourth-order valence-electron chi connectivity index (χ4n) is 3.20. The second-order valence-corrected chi connectivity index (χ2v) is 6.76. The van der Waals surface area contributed by atoms with Crippen molar-refractivity contribution in [2.45, 2.75) is 25.9 Å². The summed E-state index contributed by atoms with van der Waals surface area (Å²) < 4.78 is 10.4. The molecule has 2 saturated heterocycles. The van der Waals surface area contributed by atoms with Gasteiger partial charge in [-0.15, -0.1) is 0 Å². The third-order valence-electron chi connectivity index (χ3n) is 4.73. The number of carbonyl (C=O) groups excluding carboxylic acids is 1. The second kappa shape index (κ2) is 8.96. The van der Waals surface area contributed by atoms with E-state index in [2.05, 4.69) is 21.8 Å². The molecule has 3 heterocycles. The first-order chi connectivity index (χ1) is 13.0. The van der Waals surface area contributed by atoms with Crippen molar-refractivity contribution in [3.63, 3.8) is 0 Å². The Morgan fingerprint density at radius 1 is 1.30 bits per heavy atom. The zero-order valence-corrected chi connectivity index (χ0v) is 15.5. The van der Waals surface area contributed by atoms with Gasteiger partial charge in [-0.2, -0.15) is 10.1 Å².